The molecule has 2 rings (SSSR count). The van der Waals surface area contributed by atoms with Gasteiger partial charge >= 0.3 is 0 Å². The maximum Gasteiger partial charge on any atom is 0.236 e. The van der Waals surface area contributed by atoms with Gasteiger partial charge in [0.25, 0.3) is 0 Å². The molecule has 0 aliphatic carbocycles. The fourth-order valence-corrected chi connectivity index (χ4v) is 2.07. The molecule has 1 N–H and O–H groups in total. The lowest BCUT2D eigenvalue weighted by Gasteiger charge is -2.29. The third kappa shape index (κ3) is 5.14. The Morgan fingerprint density at radius 2 is 2.16 bits per heavy atom. The third-order valence-electron chi connectivity index (χ3n) is 3.03. The van der Waals surface area contributed by atoms with E-state index in [4.69, 9.17) is 0 Å². The van der Waals surface area contributed by atoms with E-state index in [1.54, 1.807) is 6.20 Å². The SMILES string of the molecule is CN(CC(=O)N1CCNCC1)Cc1ccccn1.Cl. The molecule has 1 aliphatic heterocycles. The Morgan fingerprint density at radius 3 is 2.79 bits per heavy atom. The van der Waals surface area contributed by atoms with Gasteiger partial charge in [0.05, 0.1) is 12.2 Å². The third-order valence-corrected chi connectivity index (χ3v) is 3.03. The molecule has 1 amide bonds. The Bertz CT molecular complexity index is 381. The molecule has 0 atom stereocenters. The Balaban J connectivity index is 0.00000180. The van der Waals surface area contributed by atoms with Crippen LogP contribution in [0.1, 0.15) is 5.69 Å². The van der Waals surface area contributed by atoms with Crippen LogP contribution in [0.25, 0.3) is 0 Å². The van der Waals surface area contributed by atoms with Gasteiger partial charge in [-0.1, -0.05) is 6.07 Å². The predicted molar refractivity (Wildman–Crippen MR) is 77.3 cm³/mol. The van der Waals surface area contributed by atoms with Crippen LogP contribution >= 0.6 is 12.4 Å². The molecular formula is C13H21ClN4O. The number of likely N-dealkylation sites (N-methyl/N-ethyl adjacent to an activating group) is 1. The molecule has 106 valence electrons. The minimum Gasteiger partial charge on any atom is -0.339 e. The number of nitrogens with one attached hydrogen (secondary N) is 1. The molecule has 1 saturated heterocycles. The zero-order valence-electron chi connectivity index (χ0n) is 11.2. The quantitative estimate of drug-likeness (QED) is 0.868. The number of aromatic nitrogens is 1. The van der Waals surface area contributed by atoms with Crippen molar-refractivity contribution in [3.63, 3.8) is 0 Å². The molecule has 6 heteroatoms. The second-order valence-electron chi connectivity index (χ2n) is 4.62. The van der Waals surface area contributed by atoms with Crippen molar-refractivity contribution >= 4 is 18.3 Å². The molecule has 1 aromatic rings. The number of hydrogen-bond donors (Lipinski definition) is 1. The van der Waals surface area contributed by atoms with Crippen molar-refractivity contribution in [1.29, 1.82) is 0 Å². The van der Waals surface area contributed by atoms with E-state index in [9.17, 15) is 4.79 Å². The van der Waals surface area contributed by atoms with Crippen LogP contribution in [0, 0.1) is 0 Å². The summed E-state index contributed by atoms with van der Waals surface area (Å²) in [5.41, 5.74) is 0.994. The Labute approximate surface area is 120 Å². The number of rotatable bonds is 4. The number of carbonyl (C=O) groups is 1. The molecule has 0 radical (unpaired) electrons. The van der Waals surface area contributed by atoms with Crippen molar-refractivity contribution < 1.29 is 4.79 Å². The Morgan fingerprint density at radius 1 is 1.42 bits per heavy atom. The van der Waals surface area contributed by atoms with Crippen LogP contribution in [0.3, 0.4) is 0 Å². The lowest BCUT2D eigenvalue weighted by molar-refractivity contribution is -0.132. The fourth-order valence-electron chi connectivity index (χ4n) is 2.07. The zero-order valence-corrected chi connectivity index (χ0v) is 12.0. The average Bonchev–Trinajstić information content (AvgIpc) is 2.40. The van der Waals surface area contributed by atoms with Gasteiger partial charge in [-0.3, -0.25) is 14.7 Å². The lowest BCUT2D eigenvalue weighted by atomic mass is 10.3. The molecule has 0 unspecified atom stereocenters. The van der Waals surface area contributed by atoms with E-state index in [1.807, 2.05) is 35.0 Å². The van der Waals surface area contributed by atoms with Gasteiger partial charge in [-0.05, 0) is 19.2 Å². The number of amides is 1. The number of pyridine rings is 1. The van der Waals surface area contributed by atoms with E-state index in [1.165, 1.54) is 0 Å². The molecule has 0 aromatic carbocycles. The molecule has 5 nitrogen and oxygen atoms in total. The summed E-state index contributed by atoms with van der Waals surface area (Å²) in [6.07, 6.45) is 1.78. The summed E-state index contributed by atoms with van der Waals surface area (Å²) in [5.74, 6) is 0.204. The van der Waals surface area contributed by atoms with E-state index >= 15 is 0 Å². The summed E-state index contributed by atoms with van der Waals surface area (Å²) in [5, 5.41) is 3.25. The number of hydrogen-bond acceptors (Lipinski definition) is 4. The molecule has 0 bridgehead atoms. The van der Waals surface area contributed by atoms with Crippen LogP contribution in [0.4, 0.5) is 0 Å². The van der Waals surface area contributed by atoms with E-state index in [0.717, 1.165) is 31.9 Å². The molecule has 1 aromatic heterocycles. The van der Waals surface area contributed by atoms with Gasteiger partial charge in [0.15, 0.2) is 0 Å². The van der Waals surface area contributed by atoms with Crippen LogP contribution in [0.15, 0.2) is 24.4 Å². The van der Waals surface area contributed by atoms with Crippen molar-refractivity contribution in [2.24, 2.45) is 0 Å². The summed E-state index contributed by atoms with van der Waals surface area (Å²) in [6.45, 7) is 4.59. The van der Waals surface area contributed by atoms with Crippen LogP contribution in [-0.2, 0) is 11.3 Å². The molecular weight excluding hydrogens is 264 g/mol. The first-order valence-corrected chi connectivity index (χ1v) is 6.32. The largest absolute Gasteiger partial charge is 0.339 e. The van der Waals surface area contributed by atoms with Crippen molar-refractivity contribution in [3.8, 4) is 0 Å². The van der Waals surface area contributed by atoms with E-state index < -0.39 is 0 Å². The predicted octanol–water partition coefficient (Wildman–Crippen LogP) is 0.367. The molecule has 1 fully saturated rings. The highest BCUT2D eigenvalue weighted by Gasteiger charge is 2.17. The molecule has 0 saturated carbocycles. The number of nitrogens with zero attached hydrogens (tertiary/aromatic N) is 3. The van der Waals surface area contributed by atoms with Crippen molar-refractivity contribution in [3.05, 3.63) is 30.1 Å². The minimum atomic E-state index is 0. The minimum absolute atomic E-state index is 0. The number of piperazine rings is 1. The van der Waals surface area contributed by atoms with Crippen LogP contribution in [0.2, 0.25) is 0 Å². The Hall–Kier alpha value is -1.17. The van der Waals surface area contributed by atoms with Crippen LogP contribution in [0.5, 0.6) is 0 Å². The maximum atomic E-state index is 12.0. The molecule has 0 spiro atoms. The Kier molecular flexibility index (Phi) is 6.77. The summed E-state index contributed by atoms with van der Waals surface area (Å²) >= 11 is 0. The van der Waals surface area contributed by atoms with Crippen LogP contribution < -0.4 is 5.32 Å². The van der Waals surface area contributed by atoms with Crippen molar-refractivity contribution in [1.82, 2.24) is 20.1 Å². The fraction of sp³-hybridized carbons (Fsp3) is 0.538. The highest BCUT2D eigenvalue weighted by Crippen LogP contribution is 2.00. The van der Waals surface area contributed by atoms with Crippen molar-refractivity contribution in [2.75, 3.05) is 39.8 Å². The summed E-state index contributed by atoms with van der Waals surface area (Å²) in [6, 6.07) is 5.84. The maximum absolute atomic E-state index is 12.0. The second kappa shape index (κ2) is 8.09. The van der Waals surface area contributed by atoms with E-state index in [-0.39, 0.29) is 18.3 Å². The number of carbonyl (C=O) groups excluding carboxylic acids is 1. The lowest BCUT2D eigenvalue weighted by Crippen LogP contribution is -2.49. The number of halogens is 1. The topological polar surface area (TPSA) is 48.5 Å². The highest BCUT2D eigenvalue weighted by molar-refractivity contribution is 5.85. The summed E-state index contributed by atoms with van der Waals surface area (Å²) < 4.78 is 0. The smallest absolute Gasteiger partial charge is 0.236 e. The van der Waals surface area contributed by atoms with Gasteiger partial charge in [0.2, 0.25) is 5.91 Å². The zero-order chi connectivity index (χ0) is 12.8. The van der Waals surface area contributed by atoms with Gasteiger partial charge in [-0.25, -0.2) is 0 Å². The van der Waals surface area contributed by atoms with E-state index in [2.05, 4.69) is 10.3 Å². The first-order valence-electron chi connectivity index (χ1n) is 6.32. The molecule has 1 aliphatic rings. The van der Waals surface area contributed by atoms with Gasteiger partial charge in [-0.15, -0.1) is 12.4 Å². The summed E-state index contributed by atoms with van der Waals surface area (Å²) in [7, 11) is 1.95. The average molecular weight is 285 g/mol. The van der Waals surface area contributed by atoms with Gasteiger partial charge < -0.3 is 10.2 Å². The first kappa shape index (κ1) is 15.9. The van der Waals surface area contributed by atoms with Gasteiger partial charge in [0, 0.05) is 38.9 Å². The monoisotopic (exact) mass is 284 g/mol. The van der Waals surface area contributed by atoms with Gasteiger partial charge in [0.1, 0.15) is 0 Å². The van der Waals surface area contributed by atoms with Crippen molar-refractivity contribution in [2.45, 2.75) is 6.54 Å². The standard InChI is InChI=1S/C13H20N4O.ClH/c1-16(10-12-4-2-3-5-15-12)11-13(18)17-8-6-14-7-9-17;/h2-5,14H,6-11H2,1H3;1H. The van der Waals surface area contributed by atoms with E-state index in [0.29, 0.717) is 13.1 Å². The highest BCUT2D eigenvalue weighted by atomic mass is 35.5. The molecule has 19 heavy (non-hydrogen) atoms. The van der Waals surface area contributed by atoms with Crippen LogP contribution in [-0.4, -0.2) is 60.5 Å². The molecule has 2 heterocycles. The normalized spacial score (nSPS) is 15.2. The first-order chi connectivity index (χ1) is 8.75. The van der Waals surface area contributed by atoms with Gasteiger partial charge in [-0.2, -0.15) is 0 Å². The second-order valence-corrected chi connectivity index (χ2v) is 4.62. The summed E-state index contributed by atoms with van der Waals surface area (Å²) in [4.78, 5) is 20.2.